The minimum Gasteiger partial charge on any atom is -0.504 e. The number of nitrogens with zero attached hydrogens (tertiary/aromatic N) is 1. The SMILES string of the molecule is CCCCCOC(=O)C1=CC(=NOC)[C@@](F)(Cl)C(OC(=O)c2ccc(Cl)cc2)=C1O. The Bertz CT molecular complexity index is 893. The average Bonchev–Trinajstić information content (AvgIpc) is 2.71. The number of benzene rings is 1. The monoisotopic (exact) mass is 459 g/mol. The minimum atomic E-state index is -3.08. The molecular formula is C20H20Cl2FNO6. The second kappa shape index (κ2) is 10.4. The van der Waals surface area contributed by atoms with E-state index in [2.05, 4.69) is 9.99 Å². The van der Waals surface area contributed by atoms with Crippen LogP contribution in [0.25, 0.3) is 0 Å². The summed E-state index contributed by atoms with van der Waals surface area (Å²) in [5.74, 6) is -4.00. The van der Waals surface area contributed by atoms with Gasteiger partial charge in [0.2, 0.25) is 5.76 Å². The molecule has 162 valence electrons. The van der Waals surface area contributed by atoms with Gasteiger partial charge in [0.15, 0.2) is 5.76 Å². The summed E-state index contributed by atoms with van der Waals surface area (Å²) in [6, 6.07) is 5.52. The van der Waals surface area contributed by atoms with E-state index in [1.54, 1.807) is 0 Å². The van der Waals surface area contributed by atoms with Crippen LogP contribution in [-0.2, 0) is 19.1 Å². The smallest absolute Gasteiger partial charge is 0.343 e. The molecule has 30 heavy (non-hydrogen) atoms. The summed E-state index contributed by atoms with van der Waals surface area (Å²) < 4.78 is 25.3. The number of carbonyl (C=O) groups excluding carboxylic acids is 2. The first kappa shape index (κ1) is 23.7. The molecule has 1 aromatic rings. The van der Waals surface area contributed by atoms with E-state index in [0.717, 1.165) is 26.0 Å². The van der Waals surface area contributed by atoms with Crippen LogP contribution in [0.1, 0.15) is 36.5 Å². The van der Waals surface area contributed by atoms with Crippen LogP contribution in [0.2, 0.25) is 5.02 Å². The van der Waals surface area contributed by atoms with Crippen LogP contribution >= 0.6 is 23.2 Å². The maximum absolute atomic E-state index is 15.2. The standard InChI is InChI=1S/C20H20Cl2FNO6/c1-3-4-5-10-29-19(27)14-11-15(24-28-2)20(22,23)17(16(14)25)30-18(26)12-6-8-13(21)9-7-12/h6-9,11,25H,3-5,10H2,1-2H3/t20-/m0/s1. The van der Waals surface area contributed by atoms with Gasteiger partial charge in [0.05, 0.1) is 12.2 Å². The number of aliphatic hydroxyl groups excluding tert-OH is 1. The Morgan fingerprint density at radius 2 is 1.87 bits per heavy atom. The number of unbranched alkanes of at least 4 members (excludes halogenated alkanes) is 2. The first-order valence-corrected chi connectivity index (χ1v) is 9.78. The van der Waals surface area contributed by atoms with Crippen molar-refractivity contribution in [2.24, 2.45) is 5.16 Å². The van der Waals surface area contributed by atoms with Crippen LogP contribution in [0.3, 0.4) is 0 Å². The molecule has 1 aliphatic carbocycles. The number of carbonyl (C=O) groups is 2. The molecule has 2 rings (SSSR count). The summed E-state index contributed by atoms with van der Waals surface area (Å²) in [5.41, 5.74) is -1.07. The highest BCUT2D eigenvalue weighted by atomic mass is 35.5. The Kier molecular flexibility index (Phi) is 8.25. The Balaban J connectivity index is 2.36. The summed E-state index contributed by atoms with van der Waals surface area (Å²) in [6.45, 7) is 2.08. The third kappa shape index (κ3) is 5.52. The molecule has 1 aromatic carbocycles. The lowest BCUT2D eigenvalue weighted by molar-refractivity contribution is -0.139. The zero-order valence-corrected chi connectivity index (χ0v) is 17.8. The zero-order valence-electron chi connectivity index (χ0n) is 16.3. The van der Waals surface area contributed by atoms with Gasteiger partial charge in [-0.1, -0.05) is 48.1 Å². The molecule has 0 radical (unpaired) electrons. The van der Waals surface area contributed by atoms with Gasteiger partial charge in [-0.2, -0.15) is 0 Å². The number of ether oxygens (including phenoxy) is 2. The average molecular weight is 460 g/mol. The topological polar surface area (TPSA) is 94.4 Å². The molecule has 0 spiro atoms. The van der Waals surface area contributed by atoms with Crippen LogP contribution in [0.4, 0.5) is 4.39 Å². The fourth-order valence-corrected chi connectivity index (χ4v) is 2.81. The molecule has 0 amide bonds. The van der Waals surface area contributed by atoms with Crippen molar-refractivity contribution in [3.05, 3.63) is 58.0 Å². The molecule has 1 atom stereocenters. The first-order valence-electron chi connectivity index (χ1n) is 9.02. The summed E-state index contributed by atoms with van der Waals surface area (Å²) in [5, 5.41) is 11.2. The van der Waals surface area contributed by atoms with Gasteiger partial charge in [0, 0.05) is 5.02 Å². The van der Waals surface area contributed by atoms with Crippen LogP contribution in [0.15, 0.2) is 52.6 Å². The summed E-state index contributed by atoms with van der Waals surface area (Å²) in [7, 11) is 1.13. The number of hydrogen-bond donors (Lipinski definition) is 1. The lowest BCUT2D eigenvalue weighted by atomic mass is 9.99. The maximum atomic E-state index is 15.2. The molecule has 1 aliphatic rings. The molecule has 0 fully saturated rings. The Labute approximate surface area is 182 Å². The highest BCUT2D eigenvalue weighted by molar-refractivity contribution is 6.40. The van der Waals surface area contributed by atoms with Gasteiger partial charge in [0.25, 0.3) is 5.13 Å². The Morgan fingerprint density at radius 3 is 2.47 bits per heavy atom. The van der Waals surface area contributed by atoms with Crippen LogP contribution in [-0.4, -0.2) is 41.6 Å². The lowest BCUT2D eigenvalue weighted by Gasteiger charge is -2.26. The van der Waals surface area contributed by atoms with E-state index in [0.29, 0.717) is 11.4 Å². The van der Waals surface area contributed by atoms with Gasteiger partial charge in [-0.15, -0.1) is 0 Å². The first-order chi connectivity index (χ1) is 14.2. The lowest BCUT2D eigenvalue weighted by Crippen LogP contribution is -2.37. The number of halogens is 3. The molecule has 0 saturated heterocycles. The van der Waals surface area contributed by atoms with E-state index in [9.17, 15) is 14.7 Å². The highest BCUT2D eigenvalue weighted by Gasteiger charge is 2.48. The van der Waals surface area contributed by atoms with Gasteiger partial charge in [-0.25, -0.2) is 14.0 Å². The van der Waals surface area contributed by atoms with Gasteiger partial charge in [-0.05, 0) is 36.8 Å². The maximum Gasteiger partial charge on any atom is 0.343 e. The van der Waals surface area contributed by atoms with Crippen molar-refractivity contribution in [2.45, 2.75) is 31.3 Å². The van der Waals surface area contributed by atoms with E-state index in [-0.39, 0.29) is 12.2 Å². The van der Waals surface area contributed by atoms with Crippen LogP contribution < -0.4 is 0 Å². The van der Waals surface area contributed by atoms with Crippen molar-refractivity contribution in [3.8, 4) is 0 Å². The Morgan fingerprint density at radius 1 is 1.20 bits per heavy atom. The minimum absolute atomic E-state index is 0.00985. The fourth-order valence-electron chi connectivity index (χ4n) is 2.47. The van der Waals surface area contributed by atoms with Crippen molar-refractivity contribution in [3.63, 3.8) is 0 Å². The number of alkyl halides is 2. The molecule has 1 N–H and O–H groups in total. The molecule has 0 heterocycles. The van der Waals surface area contributed by atoms with Crippen LogP contribution in [0, 0.1) is 0 Å². The summed E-state index contributed by atoms with van der Waals surface area (Å²) in [4.78, 5) is 29.3. The van der Waals surface area contributed by atoms with E-state index in [4.69, 9.17) is 32.7 Å². The van der Waals surface area contributed by atoms with Gasteiger partial charge < -0.3 is 19.4 Å². The largest absolute Gasteiger partial charge is 0.504 e. The number of oxime groups is 1. The third-order valence-electron chi connectivity index (χ3n) is 4.02. The molecule has 0 bridgehead atoms. The van der Waals surface area contributed by atoms with E-state index in [1.165, 1.54) is 24.3 Å². The van der Waals surface area contributed by atoms with Gasteiger partial charge in [-0.3, -0.25) is 0 Å². The number of rotatable bonds is 8. The highest BCUT2D eigenvalue weighted by Crippen LogP contribution is 2.39. The second-order valence-corrected chi connectivity index (χ2v) is 7.17. The molecule has 0 saturated carbocycles. The molecule has 0 aromatic heterocycles. The van der Waals surface area contributed by atoms with Crippen molar-refractivity contribution in [1.82, 2.24) is 0 Å². The third-order valence-corrected chi connectivity index (χ3v) is 4.64. The Hall–Kier alpha value is -2.58. The predicted molar refractivity (Wildman–Crippen MR) is 109 cm³/mol. The summed E-state index contributed by atoms with van der Waals surface area (Å²) in [6.07, 6.45) is 3.23. The second-order valence-electron chi connectivity index (χ2n) is 6.21. The summed E-state index contributed by atoms with van der Waals surface area (Å²) >= 11 is 11.6. The molecule has 7 nitrogen and oxygen atoms in total. The van der Waals surface area contributed by atoms with E-state index < -0.39 is 39.9 Å². The molecule has 0 aliphatic heterocycles. The number of allylic oxidation sites excluding steroid dienone is 2. The van der Waals surface area contributed by atoms with Crippen molar-refractivity contribution < 1.29 is 33.4 Å². The normalized spacial score (nSPS) is 20.0. The van der Waals surface area contributed by atoms with Crippen molar-refractivity contribution >= 4 is 40.9 Å². The molecular weight excluding hydrogens is 440 g/mol. The number of hydrogen-bond acceptors (Lipinski definition) is 7. The van der Waals surface area contributed by atoms with Crippen molar-refractivity contribution in [2.75, 3.05) is 13.7 Å². The van der Waals surface area contributed by atoms with Crippen molar-refractivity contribution in [1.29, 1.82) is 0 Å². The van der Waals surface area contributed by atoms with Gasteiger partial charge >= 0.3 is 11.9 Å². The number of esters is 2. The van der Waals surface area contributed by atoms with E-state index in [1.807, 2.05) is 6.92 Å². The zero-order chi connectivity index (χ0) is 22.3. The quantitative estimate of drug-likeness (QED) is 0.258. The fraction of sp³-hybridized carbons (Fsp3) is 0.350. The van der Waals surface area contributed by atoms with Crippen LogP contribution in [0.5, 0.6) is 0 Å². The molecule has 10 heteroatoms. The van der Waals surface area contributed by atoms with E-state index >= 15 is 4.39 Å². The predicted octanol–water partition coefficient (Wildman–Crippen LogP) is 4.85. The molecule has 0 unspecified atom stereocenters. The number of aliphatic hydroxyl groups is 1. The van der Waals surface area contributed by atoms with Gasteiger partial charge in [0.1, 0.15) is 18.4 Å².